The molecule has 0 saturated heterocycles. The number of aromatic nitrogens is 2. The van der Waals surface area contributed by atoms with Gasteiger partial charge in [-0.25, -0.2) is 0 Å². The summed E-state index contributed by atoms with van der Waals surface area (Å²) in [6.45, 7) is 2.04. The average Bonchev–Trinajstić information content (AvgIpc) is 2.47. The summed E-state index contributed by atoms with van der Waals surface area (Å²) in [5.74, 6) is 0. The number of fused-ring (bicyclic) bond motifs is 1. The van der Waals surface area contributed by atoms with E-state index in [0.29, 0.717) is 12.0 Å². The molecule has 0 bridgehead atoms. The Morgan fingerprint density at radius 1 is 1.10 bits per heavy atom. The van der Waals surface area contributed by atoms with Crippen LogP contribution < -0.4 is 0 Å². The monoisotopic (exact) mass is 262 g/mol. The summed E-state index contributed by atoms with van der Waals surface area (Å²) in [4.78, 5) is 19.5. The van der Waals surface area contributed by atoms with E-state index in [0.717, 1.165) is 28.4 Å². The highest BCUT2D eigenvalue weighted by molar-refractivity contribution is 5.79. The summed E-state index contributed by atoms with van der Waals surface area (Å²) in [5.41, 5.74) is 4.87. The first kappa shape index (κ1) is 12.5. The Hall–Kier alpha value is -2.55. The highest BCUT2D eigenvalue weighted by Crippen LogP contribution is 2.17. The molecule has 3 aromatic rings. The summed E-state index contributed by atoms with van der Waals surface area (Å²) >= 11 is 0. The van der Waals surface area contributed by atoms with Gasteiger partial charge in [-0.05, 0) is 48.4 Å². The second kappa shape index (κ2) is 5.21. The zero-order chi connectivity index (χ0) is 13.9. The van der Waals surface area contributed by atoms with Crippen molar-refractivity contribution < 1.29 is 4.79 Å². The average molecular weight is 262 g/mol. The zero-order valence-electron chi connectivity index (χ0n) is 11.2. The van der Waals surface area contributed by atoms with Crippen LogP contribution in [0.5, 0.6) is 0 Å². The first-order chi connectivity index (χ1) is 9.74. The number of hydrogen-bond donors (Lipinski definition) is 0. The van der Waals surface area contributed by atoms with Crippen LogP contribution in [-0.2, 0) is 6.42 Å². The van der Waals surface area contributed by atoms with Gasteiger partial charge >= 0.3 is 0 Å². The van der Waals surface area contributed by atoms with Crippen LogP contribution in [0.1, 0.15) is 27.2 Å². The molecule has 3 nitrogen and oxygen atoms in total. The summed E-state index contributed by atoms with van der Waals surface area (Å²) < 4.78 is 0. The molecule has 1 aromatic carbocycles. The molecular formula is C17H14N2O. The van der Waals surface area contributed by atoms with Crippen LogP contribution >= 0.6 is 0 Å². The number of carbonyl (C=O) groups is 1. The van der Waals surface area contributed by atoms with E-state index in [2.05, 4.69) is 28.2 Å². The van der Waals surface area contributed by atoms with E-state index in [1.54, 1.807) is 12.3 Å². The van der Waals surface area contributed by atoms with Crippen LogP contribution in [-0.4, -0.2) is 16.3 Å². The molecule has 2 aromatic heterocycles. The lowest BCUT2D eigenvalue weighted by atomic mass is 10.0. The minimum Gasteiger partial charge on any atom is -0.298 e. The van der Waals surface area contributed by atoms with Crippen LogP contribution in [0.15, 0.2) is 48.8 Å². The Bertz CT molecular complexity index is 781. The van der Waals surface area contributed by atoms with Crippen LogP contribution in [0, 0.1) is 6.92 Å². The molecule has 3 heteroatoms. The molecule has 0 amide bonds. The molecule has 0 atom stereocenters. The van der Waals surface area contributed by atoms with Gasteiger partial charge in [0.15, 0.2) is 0 Å². The standard InChI is InChI=1S/C17H14N2O/c1-12-6-15-7-13(2-3-17(15)19-10-12)8-16-9-14(11-20)4-5-18-16/h2-7,9-11H,8H2,1H3. The van der Waals surface area contributed by atoms with Crippen LogP contribution in [0.25, 0.3) is 10.9 Å². The Balaban J connectivity index is 1.95. The largest absolute Gasteiger partial charge is 0.298 e. The van der Waals surface area contributed by atoms with Gasteiger partial charge in [0, 0.05) is 35.5 Å². The minimum atomic E-state index is 0.660. The summed E-state index contributed by atoms with van der Waals surface area (Å²) in [5, 5.41) is 1.13. The molecule has 0 aliphatic heterocycles. The topological polar surface area (TPSA) is 42.9 Å². The maximum Gasteiger partial charge on any atom is 0.150 e. The predicted molar refractivity (Wildman–Crippen MR) is 78.9 cm³/mol. The quantitative estimate of drug-likeness (QED) is 0.680. The molecule has 98 valence electrons. The first-order valence-electron chi connectivity index (χ1n) is 6.50. The Kier molecular flexibility index (Phi) is 3.25. The Morgan fingerprint density at radius 2 is 2.00 bits per heavy atom. The number of carbonyl (C=O) groups excluding carboxylic acids is 1. The number of hydrogen-bond acceptors (Lipinski definition) is 3. The van der Waals surface area contributed by atoms with Gasteiger partial charge < -0.3 is 0 Å². The molecule has 0 N–H and O–H groups in total. The van der Waals surface area contributed by atoms with Crippen molar-refractivity contribution in [3.8, 4) is 0 Å². The van der Waals surface area contributed by atoms with E-state index in [9.17, 15) is 4.79 Å². The molecule has 0 aliphatic rings. The van der Waals surface area contributed by atoms with Crippen molar-refractivity contribution in [1.29, 1.82) is 0 Å². The summed E-state index contributed by atoms with van der Waals surface area (Å²) in [6.07, 6.45) is 5.10. The molecule has 0 aliphatic carbocycles. The lowest BCUT2D eigenvalue weighted by molar-refractivity contribution is 0.112. The van der Waals surface area contributed by atoms with Crippen molar-refractivity contribution >= 4 is 17.2 Å². The fourth-order valence-electron chi connectivity index (χ4n) is 2.28. The van der Waals surface area contributed by atoms with E-state index in [1.165, 1.54) is 5.56 Å². The van der Waals surface area contributed by atoms with Gasteiger partial charge in [-0.1, -0.05) is 6.07 Å². The molecule has 2 heterocycles. The molecule has 0 unspecified atom stereocenters. The maximum absolute atomic E-state index is 10.8. The zero-order valence-corrected chi connectivity index (χ0v) is 11.2. The van der Waals surface area contributed by atoms with Gasteiger partial charge in [0.25, 0.3) is 0 Å². The van der Waals surface area contributed by atoms with Crippen molar-refractivity contribution in [3.63, 3.8) is 0 Å². The number of aldehydes is 1. The number of pyridine rings is 2. The second-order valence-electron chi connectivity index (χ2n) is 4.91. The Labute approximate surface area is 117 Å². The lowest BCUT2D eigenvalue weighted by Crippen LogP contribution is -1.94. The van der Waals surface area contributed by atoms with Crippen LogP contribution in [0.2, 0.25) is 0 Å². The normalized spacial score (nSPS) is 10.7. The number of benzene rings is 1. The van der Waals surface area contributed by atoms with Crippen LogP contribution in [0.3, 0.4) is 0 Å². The highest BCUT2D eigenvalue weighted by Gasteiger charge is 2.02. The molecule has 0 fully saturated rings. The van der Waals surface area contributed by atoms with Crippen molar-refractivity contribution in [2.45, 2.75) is 13.3 Å². The Morgan fingerprint density at radius 3 is 2.85 bits per heavy atom. The highest BCUT2D eigenvalue weighted by atomic mass is 16.1. The maximum atomic E-state index is 10.8. The van der Waals surface area contributed by atoms with Crippen molar-refractivity contribution in [2.75, 3.05) is 0 Å². The fraction of sp³-hybridized carbons (Fsp3) is 0.118. The van der Waals surface area contributed by atoms with Gasteiger partial charge in [0.2, 0.25) is 0 Å². The molecule has 20 heavy (non-hydrogen) atoms. The van der Waals surface area contributed by atoms with Crippen molar-refractivity contribution in [3.05, 3.63) is 71.2 Å². The van der Waals surface area contributed by atoms with E-state index in [4.69, 9.17) is 0 Å². The molecule has 0 spiro atoms. The molecule has 0 saturated carbocycles. The number of nitrogens with zero attached hydrogens (tertiary/aromatic N) is 2. The smallest absolute Gasteiger partial charge is 0.150 e. The molecular weight excluding hydrogens is 248 g/mol. The predicted octanol–water partition coefficient (Wildman–Crippen LogP) is 3.34. The summed E-state index contributed by atoms with van der Waals surface area (Å²) in [6, 6.07) is 11.9. The molecule has 3 rings (SSSR count). The van der Waals surface area contributed by atoms with E-state index in [1.807, 2.05) is 25.3 Å². The third kappa shape index (κ3) is 2.57. The van der Waals surface area contributed by atoms with E-state index >= 15 is 0 Å². The van der Waals surface area contributed by atoms with Gasteiger partial charge in [-0.2, -0.15) is 0 Å². The van der Waals surface area contributed by atoms with E-state index < -0.39 is 0 Å². The minimum absolute atomic E-state index is 0.660. The number of aryl methyl sites for hydroxylation is 1. The van der Waals surface area contributed by atoms with Crippen molar-refractivity contribution in [1.82, 2.24) is 9.97 Å². The van der Waals surface area contributed by atoms with E-state index in [-0.39, 0.29) is 0 Å². The van der Waals surface area contributed by atoms with Gasteiger partial charge in [-0.3, -0.25) is 14.8 Å². The third-order valence-electron chi connectivity index (χ3n) is 3.24. The fourth-order valence-corrected chi connectivity index (χ4v) is 2.28. The second-order valence-corrected chi connectivity index (χ2v) is 4.91. The third-order valence-corrected chi connectivity index (χ3v) is 3.24. The van der Waals surface area contributed by atoms with Gasteiger partial charge in [0.05, 0.1) is 5.52 Å². The lowest BCUT2D eigenvalue weighted by Gasteiger charge is -2.04. The number of rotatable bonds is 3. The summed E-state index contributed by atoms with van der Waals surface area (Å²) in [7, 11) is 0. The van der Waals surface area contributed by atoms with Crippen LogP contribution in [0.4, 0.5) is 0 Å². The van der Waals surface area contributed by atoms with Gasteiger partial charge in [0.1, 0.15) is 6.29 Å². The molecule has 0 radical (unpaired) electrons. The SMILES string of the molecule is Cc1cnc2ccc(Cc3cc(C=O)ccn3)cc2c1. The van der Waals surface area contributed by atoms with Gasteiger partial charge in [-0.15, -0.1) is 0 Å². The first-order valence-corrected chi connectivity index (χ1v) is 6.50. The van der Waals surface area contributed by atoms with Crippen molar-refractivity contribution in [2.24, 2.45) is 0 Å².